The van der Waals surface area contributed by atoms with Gasteiger partial charge in [-0.15, -0.1) is 0 Å². The van der Waals surface area contributed by atoms with Gasteiger partial charge in [-0.05, 0) is 25.8 Å². The molecular formula is C15H19N3O2. The van der Waals surface area contributed by atoms with Gasteiger partial charge in [0.05, 0.1) is 5.54 Å². The molecule has 0 aliphatic carbocycles. The molecule has 0 aliphatic heterocycles. The van der Waals surface area contributed by atoms with E-state index < -0.39 is 5.54 Å². The van der Waals surface area contributed by atoms with Gasteiger partial charge >= 0.3 is 0 Å². The van der Waals surface area contributed by atoms with Crippen LogP contribution < -0.4 is 11.3 Å². The quantitative estimate of drug-likeness (QED) is 0.798. The van der Waals surface area contributed by atoms with Crippen LogP contribution in [0.1, 0.15) is 31.7 Å². The molecule has 20 heavy (non-hydrogen) atoms. The molecule has 4 N–H and O–H groups in total. The highest BCUT2D eigenvalue weighted by Gasteiger charge is 2.24. The maximum absolute atomic E-state index is 12.2. The van der Waals surface area contributed by atoms with E-state index in [1.54, 1.807) is 19.1 Å². The van der Waals surface area contributed by atoms with Crippen LogP contribution in [-0.4, -0.2) is 15.1 Å². The second-order valence-corrected chi connectivity index (χ2v) is 5.25. The molecule has 1 aromatic carbocycles. The van der Waals surface area contributed by atoms with E-state index in [1.165, 1.54) is 0 Å². The van der Waals surface area contributed by atoms with Crippen LogP contribution in [0, 0.1) is 6.92 Å². The molecule has 106 valence electrons. The highest BCUT2D eigenvalue weighted by molar-refractivity contribution is 5.67. The summed E-state index contributed by atoms with van der Waals surface area (Å²) in [5.41, 5.74) is 6.75. The van der Waals surface area contributed by atoms with E-state index in [2.05, 4.69) is 9.97 Å². The lowest BCUT2D eigenvalue weighted by molar-refractivity contribution is 0.410. The van der Waals surface area contributed by atoms with E-state index in [4.69, 9.17) is 5.73 Å². The van der Waals surface area contributed by atoms with Crippen molar-refractivity contribution in [2.75, 3.05) is 0 Å². The Morgan fingerprint density at radius 1 is 1.35 bits per heavy atom. The third-order valence-corrected chi connectivity index (χ3v) is 3.52. The van der Waals surface area contributed by atoms with Crippen molar-refractivity contribution in [3.63, 3.8) is 0 Å². The molecule has 0 spiro atoms. The lowest BCUT2D eigenvalue weighted by Crippen LogP contribution is -2.36. The number of hydrogen-bond donors (Lipinski definition) is 3. The van der Waals surface area contributed by atoms with Crippen LogP contribution in [-0.2, 0) is 5.54 Å². The standard InChI is InChI=1S/C15H19N3O2/c1-4-15(3,16)14-17-12(19)11(13(20)18-14)10-7-5-9(2)6-8-10/h5-8H,4,16H2,1-3H3,(H2,17,18,19,20). The zero-order valence-corrected chi connectivity index (χ0v) is 11.9. The number of hydrogen-bond acceptors (Lipinski definition) is 4. The normalized spacial score (nSPS) is 14.0. The highest BCUT2D eigenvalue weighted by atomic mass is 16.3. The fraction of sp³-hybridized carbons (Fsp3) is 0.333. The van der Waals surface area contributed by atoms with Crippen molar-refractivity contribution in [2.24, 2.45) is 5.73 Å². The lowest BCUT2D eigenvalue weighted by Gasteiger charge is -2.21. The predicted molar refractivity (Wildman–Crippen MR) is 78.5 cm³/mol. The van der Waals surface area contributed by atoms with Gasteiger partial charge in [0.25, 0.3) is 5.56 Å². The van der Waals surface area contributed by atoms with Gasteiger partial charge in [0.15, 0.2) is 0 Å². The Hall–Kier alpha value is -2.14. The van der Waals surface area contributed by atoms with Gasteiger partial charge in [0, 0.05) is 0 Å². The van der Waals surface area contributed by atoms with Gasteiger partial charge in [0.2, 0.25) is 5.88 Å². The van der Waals surface area contributed by atoms with Crippen molar-refractivity contribution < 1.29 is 5.11 Å². The van der Waals surface area contributed by atoms with Crippen molar-refractivity contribution in [2.45, 2.75) is 32.7 Å². The number of aromatic amines is 1. The number of rotatable bonds is 3. The summed E-state index contributed by atoms with van der Waals surface area (Å²) in [6.07, 6.45) is 0.596. The first kappa shape index (κ1) is 14.3. The van der Waals surface area contributed by atoms with Crippen LogP contribution in [0.25, 0.3) is 11.1 Å². The first-order chi connectivity index (χ1) is 9.35. The zero-order chi connectivity index (χ0) is 14.9. The minimum atomic E-state index is -0.775. The van der Waals surface area contributed by atoms with E-state index >= 15 is 0 Å². The Bertz CT molecular complexity index is 673. The SMILES string of the molecule is CCC(C)(N)c1nc(O)c(-c2ccc(C)cc2)c(=O)[nH]1. The van der Waals surface area contributed by atoms with Crippen LogP contribution in [0.5, 0.6) is 5.88 Å². The first-order valence-corrected chi connectivity index (χ1v) is 6.55. The average molecular weight is 273 g/mol. The molecule has 0 saturated carbocycles. The van der Waals surface area contributed by atoms with Crippen LogP contribution >= 0.6 is 0 Å². The van der Waals surface area contributed by atoms with Gasteiger partial charge in [-0.25, -0.2) is 0 Å². The minimum absolute atomic E-state index is 0.167. The summed E-state index contributed by atoms with van der Waals surface area (Å²) in [5.74, 6) is -0.00362. The number of nitrogens with zero attached hydrogens (tertiary/aromatic N) is 1. The van der Waals surface area contributed by atoms with Crippen LogP contribution in [0.2, 0.25) is 0 Å². The number of aromatic nitrogens is 2. The van der Waals surface area contributed by atoms with E-state index in [9.17, 15) is 9.90 Å². The molecule has 5 nitrogen and oxygen atoms in total. The summed E-state index contributed by atoms with van der Waals surface area (Å²) < 4.78 is 0. The second-order valence-electron chi connectivity index (χ2n) is 5.25. The number of nitrogens with two attached hydrogens (primary N) is 1. The number of aromatic hydroxyl groups is 1. The van der Waals surface area contributed by atoms with Gasteiger partial charge < -0.3 is 15.8 Å². The van der Waals surface area contributed by atoms with Crippen LogP contribution in [0.15, 0.2) is 29.1 Å². The van der Waals surface area contributed by atoms with Crippen molar-refractivity contribution in [1.29, 1.82) is 0 Å². The highest BCUT2D eigenvalue weighted by Crippen LogP contribution is 2.26. The molecule has 1 heterocycles. The molecule has 2 rings (SSSR count). The molecule has 0 radical (unpaired) electrons. The Morgan fingerprint density at radius 3 is 2.45 bits per heavy atom. The number of benzene rings is 1. The molecule has 1 aromatic heterocycles. The molecule has 2 aromatic rings. The molecule has 0 aliphatic rings. The van der Waals surface area contributed by atoms with Gasteiger partial charge in [0.1, 0.15) is 11.4 Å². The summed E-state index contributed by atoms with van der Waals surface area (Å²) in [4.78, 5) is 18.9. The van der Waals surface area contributed by atoms with Gasteiger partial charge in [-0.3, -0.25) is 4.79 Å². The maximum atomic E-state index is 12.2. The Balaban J connectivity index is 2.58. The maximum Gasteiger partial charge on any atom is 0.262 e. The summed E-state index contributed by atoms with van der Waals surface area (Å²) in [6, 6.07) is 7.31. The van der Waals surface area contributed by atoms with Crippen molar-refractivity contribution in [3.8, 4) is 17.0 Å². The first-order valence-electron chi connectivity index (χ1n) is 6.55. The van der Waals surface area contributed by atoms with Gasteiger partial charge in [-0.1, -0.05) is 36.8 Å². The summed E-state index contributed by atoms with van der Waals surface area (Å²) in [7, 11) is 0. The third-order valence-electron chi connectivity index (χ3n) is 3.52. The Kier molecular flexibility index (Phi) is 3.63. The van der Waals surface area contributed by atoms with E-state index in [0.29, 0.717) is 17.8 Å². The number of H-pyrrole nitrogens is 1. The monoisotopic (exact) mass is 273 g/mol. The van der Waals surface area contributed by atoms with Crippen LogP contribution in [0.4, 0.5) is 0 Å². The summed E-state index contributed by atoms with van der Waals surface area (Å²) in [5, 5.41) is 10.1. The molecule has 0 bridgehead atoms. The third kappa shape index (κ3) is 2.58. The fourth-order valence-corrected chi connectivity index (χ4v) is 1.88. The minimum Gasteiger partial charge on any atom is -0.493 e. The number of nitrogens with one attached hydrogen (secondary N) is 1. The topological polar surface area (TPSA) is 92.0 Å². The van der Waals surface area contributed by atoms with Gasteiger partial charge in [-0.2, -0.15) is 4.98 Å². The van der Waals surface area contributed by atoms with E-state index in [0.717, 1.165) is 5.56 Å². The van der Waals surface area contributed by atoms with Crippen molar-refractivity contribution in [1.82, 2.24) is 9.97 Å². The Labute approximate surface area is 117 Å². The molecule has 0 fully saturated rings. The molecule has 0 amide bonds. The lowest BCUT2D eigenvalue weighted by atomic mass is 9.99. The van der Waals surface area contributed by atoms with E-state index in [-0.39, 0.29) is 17.0 Å². The molecule has 5 heteroatoms. The van der Waals surface area contributed by atoms with Crippen LogP contribution in [0.3, 0.4) is 0 Å². The number of aryl methyl sites for hydroxylation is 1. The molecule has 0 saturated heterocycles. The zero-order valence-electron chi connectivity index (χ0n) is 11.9. The van der Waals surface area contributed by atoms with Crippen molar-refractivity contribution in [3.05, 3.63) is 46.0 Å². The smallest absolute Gasteiger partial charge is 0.262 e. The average Bonchev–Trinajstić information content (AvgIpc) is 2.40. The molecule has 1 atom stereocenters. The second kappa shape index (κ2) is 5.09. The summed E-state index contributed by atoms with van der Waals surface area (Å²) in [6.45, 7) is 5.61. The fourth-order valence-electron chi connectivity index (χ4n) is 1.88. The Morgan fingerprint density at radius 2 is 1.95 bits per heavy atom. The molecule has 1 unspecified atom stereocenters. The molecular weight excluding hydrogens is 254 g/mol. The van der Waals surface area contributed by atoms with Crippen molar-refractivity contribution >= 4 is 0 Å². The summed E-state index contributed by atoms with van der Waals surface area (Å²) >= 11 is 0. The van der Waals surface area contributed by atoms with E-state index in [1.807, 2.05) is 26.0 Å². The predicted octanol–water partition coefficient (Wildman–Crippen LogP) is 2.03. The largest absolute Gasteiger partial charge is 0.493 e.